The molecule has 0 amide bonds. The topological polar surface area (TPSA) is 67.2 Å². The van der Waals surface area contributed by atoms with E-state index in [1.165, 1.54) is 0 Å². The van der Waals surface area contributed by atoms with Crippen molar-refractivity contribution >= 4 is 5.97 Å². The average molecular weight is 249 g/mol. The number of aromatic carboxylic acids is 1. The molecule has 0 radical (unpaired) electrons. The molecule has 0 aliphatic carbocycles. The number of carbonyl (C=O) groups is 1. The Labute approximate surface area is 106 Å². The lowest BCUT2D eigenvalue weighted by atomic mass is 9.97. The van der Waals surface area contributed by atoms with Crippen molar-refractivity contribution < 1.29 is 9.90 Å². The molecule has 3 rings (SSSR count). The number of aromatic nitrogens is 2. The van der Waals surface area contributed by atoms with Gasteiger partial charge in [-0.3, -0.25) is 0 Å². The van der Waals surface area contributed by atoms with Crippen molar-refractivity contribution in [1.82, 2.24) is 14.9 Å². The Morgan fingerprint density at radius 2 is 2.11 bits per heavy atom. The van der Waals surface area contributed by atoms with Crippen LogP contribution in [-0.2, 0) is 13.0 Å². The summed E-state index contributed by atoms with van der Waals surface area (Å²) in [5.41, 5.74) is 1.24. The minimum absolute atomic E-state index is 0.295. The van der Waals surface area contributed by atoms with Crippen molar-refractivity contribution in [2.75, 3.05) is 13.1 Å². The van der Waals surface area contributed by atoms with Gasteiger partial charge in [0.15, 0.2) is 5.69 Å². The van der Waals surface area contributed by atoms with Crippen LogP contribution in [0, 0.1) is 0 Å². The Morgan fingerprint density at radius 1 is 1.33 bits per heavy atom. The number of hydrogen-bond donors (Lipinski definition) is 2. The lowest BCUT2D eigenvalue weighted by Crippen LogP contribution is -2.28. The molecule has 0 unspecified atom stereocenters. The van der Waals surface area contributed by atoms with Crippen LogP contribution in [0.4, 0.5) is 0 Å². The van der Waals surface area contributed by atoms with E-state index in [0.29, 0.717) is 11.6 Å². The van der Waals surface area contributed by atoms with Crippen LogP contribution in [0.25, 0.3) is 0 Å². The van der Waals surface area contributed by atoms with Crippen molar-refractivity contribution in [3.05, 3.63) is 17.2 Å². The number of nitrogens with one attached hydrogen (secondary N) is 1. The molecule has 1 saturated heterocycles. The Morgan fingerprint density at radius 3 is 2.83 bits per heavy atom. The number of imidazole rings is 1. The zero-order valence-electron chi connectivity index (χ0n) is 10.5. The second kappa shape index (κ2) is 4.72. The third-order valence-electron chi connectivity index (χ3n) is 4.05. The molecule has 2 aliphatic rings. The van der Waals surface area contributed by atoms with Crippen LogP contribution in [0.15, 0.2) is 0 Å². The maximum atomic E-state index is 11.3. The van der Waals surface area contributed by atoms with Crippen LogP contribution >= 0.6 is 0 Å². The zero-order valence-corrected chi connectivity index (χ0v) is 10.5. The van der Waals surface area contributed by atoms with Gasteiger partial charge in [0.1, 0.15) is 5.82 Å². The Balaban J connectivity index is 2.00. The summed E-state index contributed by atoms with van der Waals surface area (Å²) in [5.74, 6) is 0.570. The van der Waals surface area contributed by atoms with Gasteiger partial charge in [-0.2, -0.15) is 0 Å². The van der Waals surface area contributed by atoms with Crippen molar-refractivity contribution in [3.63, 3.8) is 0 Å². The quantitative estimate of drug-likeness (QED) is 0.831. The van der Waals surface area contributed by atoms with Gasteiger partial charge in [-0.05, 0) is 45.2 Å². The number of hydrogen-bond acceptors (Lipinski definition) is 3. The van der Waals surface area contributed by atoms with Gasteiger partial charge in [0.2, 0.25) is 0 Å². The first-order chi connectivity index (χ1) is 8.77. The number of nitrogens with zero attached hydrogens (tertiary/aromatic N) is 2. The van der Waals surface area contributed by atoms with E-state index in [4.69, 9.17) is 0 Å². The van der Waals surface area contributed by atoms with Crippen molar-refractivity contribution in [1.29, 1.82) is 0 Å². The van der Waals surface area contributed by atoms with Crippen LogP contribution in [0.2, 0.25) is 0 Å². The molecule has 1 aromatic rings. The molecule has 0 aromatic carbocycles. The van der Waals surface area contributed by atoms with Crippen molar-refractivity contribution in [2.24, 2.45) is 0 Å². The van der Waals surface area contributed by atoms with Gasteiger partial charge in [0.05, 0.1) is 5.69 Å². The fraction of sp³-hybridized carbons (Fsp3) is 0.692. The molecule has 1 aromatic heterocycles. The van der Waals surface area contributed by atoms with Gasteiger partial charge in [-0.25, -0.2) is 9.78 Å². The molecule has 0 bridgehead atoms. The van der Waals surface area contributed by atoms with Gasteiger partial charge in [0, 0.05) is 12.5 Å². The molecule has 2 N–H and O–H groups in total. The SMILES string of the molecule is O=C(O)c1nc(C2CCNCC2)n2c1CCCC2. The van der Waals surface area contributed by atoms with E-state index in [1.54, 1.807) is 0 Å². The third kappa shape index (κ3) is 1.92. The number of carboxylic acid groups (broad SMARTS) is 1. The Bertz CT molecular complexity index is 461. The number of carboxylic acids is 1. The second-order valence-corrected chi connectivity index (χ2v) is 5.20. The zero-order chi connectivity index (χ0) is 12.5. The highest BCUT2D eigenvalue weighted by molar-refractivity contribution is 5.87. The monoisotopic (exact) mass is 249 g/mol. The average Bonchev–Trinajstić information content (AvgIpc) is 2.79. The number of piperidine rings is 1. The van der Waals surface area contributed by atoms with E-state index in [1.807, 2.05) is 0 Å². The maximum absolute atomic E-state index is 11.3. The van der Waals surface area contributed by atoms with Crippen molar-refractivity contribution in [3.8, 4) is 0 Å². The molecule has 5 nitrogen and oxygen atoms in total. The normalized spacial score (nSPS) is 20.7. The molecule has 5 heteroatoms. The largest absolute Gasteiger partial charge is 0.476 e. The first-order valence-electron chi connectivity index (χ1n) is 6.80. The fourth-order valence-corrected chi connectivity index (χ4v) is 3.13. The summed E-state index contributed by atoms with van der Waals surface area (Å²) in [4.78, 5) is 15.7. The predicted molar refractivity (Wildman–Crippen MR) is 67.0 cm³/mol. The summed E-state index contributed by atoms with van der Waals surface area (Å²) in [5, 5.41) is 12.6. The summed E-state index contributed by atoms with van der Waals surface area (Å²) in [7, 11) is 0. The highest BCUT2D eigenvalue weighted by Gasteiger charge is 2.28. The standard InChI is InChI=1S/C13H19N3O2/c17-13(18)11-10-3-1-2-8-16(10)12(15-11)9-4-6-14-7-5-9/h9,14H,1-8H2,(H,17,18). The first kappa shape index (κ1) is 11.7. The molecule has 2 aliphatic heterocycles. The molecule has 3 heterocycles. The molecular weight excluding hydrogens is 230 g/mol. The molecule has 0 atom stereocenters. The van der Waals surface area contributed by atoms with Gasteiger partial charge < -0.3 is 15.0 Å². The molecule has 98 valence electrons. The fourth-order valence-electron chi connectivity index (χ4n) is 3.13. The highest BCUT2D eigenvalue weighted by Crippen LogP contribution is 2.29. The second-order valence-electron chi connectivity index (χ2n) is 5.20. The minimum atomic E-state index is -0.874. The van der Waals surface area contributed by atoms with E-state index in [2.05, 4.69) is 14.9 Å². The van der Waals surface area contributed by atoms with Gasteiger partial charge in [0.25, 0.3) is 0 Å². The smallest absolute Gasteiger partial charge is 0.356 e. The molecule has 0 saturated carbocycles. The Hall–Kier alpha value is -1.36. The molecule has 1 fully saturated rings. The Kier molecular flexibility index (Phi) is 3.07. The lowest BCUT2D eigenvalue weighted by molar-refractivity contribution is 0.0689. The predicted octanol–water partition coefficient (Wildman–Crippen LogP) is 1.38. The third-order valence-corrected chi connectivity index (χ3v) is 4.05. The van der Waals surface area contributed by atoms with Gasteiger partial charge >= 0.3 is 5.97 Å². The highest BCUT2D eigenvalue weighted by atomic mass is 16.4. The summed E-state index contributed by atoms with van der Waals surface area (Å²) in [6, 6.07) is 0. The van der Waals surface area contributed by atoms with E-state index in [9.17, 15) is 9.90 Å². The van der Waals surface area contributed by atoms with E-state index in [0.717, 1.165) is 63.3 Å². The summed E-state index contributed by atoms with van der Waals surface area (Å²) in [6.45, 7) is 2.96. The van der Waals surface area contributed by atoms with Crippen LogP contribution in [0.5, 0.6) is 0 Å². The molecule has 0 spiro atoms. The van der Waals surface area contributed by atoms with E-state index >= 15 is 0 Å². The molecule has 18 heavy (non-hydrogen) atoms. The van der Waals surface area contributed by atoms with E-state index < -0.39 is 5.97 Å². The number of fused-ring (bicyclic) bond motifs is 1. The number of rotatable bonds is 2. The molecular formula is C13H19N3O2. The van der Waals surface area contributed by atoms with Crippen LogP contribution in [-0.4, -0.2) is 33.7 Å². The summed E-state index contributed by atoms with van der Waals surface area (Å²) in [6.07, 6.45) is 5.21. The maximum Gasteiger partial charge on any atom is 0.356 e. The van der Waals surface area contributed by atoms with E-state index in [-0.39, 0.29) is 0 Å². The van der Waals surface area contributed by atoms with Crippen LogP contribution < -0.4 is 5.32 Å². The lowest BCUT2D eigenvalue weighted by Gasteiger charge is -2.25. The summed E-state index contributed by atoms with van der Waals surface area (Å²) >= 11 is 0. The van der Waals surface area contributed by atoms with Gasteiger partial charge in [-0.1, -0.05) is 0 Å². The van der Waals surface area contributed by atoms with Crippen molar-refractivity contribution in [2.45, 2.75) is 44.6 Å². The summed E-state index contributed by atoms with van der Waals surface area (Å²) < 4.78 is 2.18. The van der Waals surface area contributed by atoms with Crippen LogP contribution in [0.1, 0.15) is 53.6 Å². The first-order valence-corrected chi connectivity index (χ1v) is 6.80. The van der Waals surface area contributed by atoms with Gasteiger partial charge in [-0.15, -0.1) is 0 Å². The van der Waals surface area contributed by atoms with Crippen LogP contribution in [0.3, 0.4) is 0 Å². The minimum Gasteiger partial charge on any atom is -0.476 e.